The number of benzene rings is 2. The highest BCUT2D eigenvalue weighted by molar-refractivity contribution is 5.75. The van der Waals surface area contributed by atoms with Crippen molar-refractivity contribution < 1.29 is 14.3 Å². The third-order valence-corrected chi connectivity index (χ3v) is 4.74. The van der Waals surface area contributed by atoms with Gasteiger partial charge >= 0.3 is 6.03 Å². The fourth-order valence-electron chi connectivity index (χ4n) is 3.14. The third kappa shape index (κ3) is 4.37. The molecule has 4 nitrogen and oxygen atoms in total. The quantitative estimate of drug-likeness (QED) is 0.723. The van der Waals surface area contributed by atoms with Crippen LogP contribution in [0.5, 0.6) is 0 Å². The van der Waals surface area contributed by atoms with Crippen molar-refractivity contribution in [2.45, 2.75) is 30.7 Å². The van der Waals surface area contributed by atoms with Crippen LogP contribution in [0.4, 0.5) is 9.18 Å². The number of aliphatic hydroxyl groups excluding tert-OH is 1. The minimum Gasteiger partial charge on any atom is -0.396 e. The molecule has 0 saturated heterocycles. The number of rotatable bonds is 7. The fourth-order valence-corrected chi connectivity index (χ4v) is 3.14. The summed E-state index contributed by atoms with van der Waals surface area (Å²) in [6.07, 6.45) is 2.20. The average Bonchev–Trinajstić information content (AvgIpc) is 3.40. The van der Waals surface area contributed by atoms with Gasteiger partial charge in [-0.05, 0) is 42.5 Å². The van der Waals surface area contributed by atoms with Crippen LogP contribution in [0.3, 0.4) is 0 Å². The van der Waals surface area contributed by atoms with Crippen molar-refractivity contribution in [2.24, 2.45) is 0 Å². The van der Waals surface area contributed by atoms with E-state index in [4.69, 9.17) is 0 Å². The molecule has 2 aromatic rings. The second kappa shape index (κ2) is 7.66. The molecule has 1 aliphatic carbocycles. The van der Waals surface area contributed by atoms with Crippen LogP contribution in [0.1, 0.15) is 36.3 Å². The first kappa shape index (κ1) is 17.4. The molecule has 132 valence electrons. The van der Waals surface area contributed by atoms with Crippen molar-refractivity contribution in [1.29, 1.82) is 0 Å². The number of hydrogen-bond acceptors (Lipinski definition) is 2. The van der Waals surface area contributed by atoms with Crippen LogP contribution in [0, 0.1) is 5.82 Å². The van der Waals surface area contributed by atoms with E-state index in [1.165, 1.54) is 12.1 Å². The lowest BCUT2D eigenvalue weighted by Crippen LogP contribution is -2.43. The first-order chi connectivity index (χ1) is 12.1. The van der Waals surface area contributed by atoms with Crippen LogP contribution in [0.15, 0.2) is 54.6 Å². The van der Waals surface area contributed by atoms with Crippen LogP contribution in [-0.2, 0) is 5.54 Å². The number of urea groups is 1. The zero-order valence-electron chi connectivity index (χ0n) is 14.0. The molecular formula is C20H23FN2O2. The summed E-state index contributed by atoms with van der Waals surface area (Å²) < 4.78 is 13.4. The number of aliphatic hydroxyl groups is 1. The summed E-state index contributed by atoms with van der Waals surface area (Å²) >= 11 is 0. The Morgan fingerprint density at radius 1 is 1.16 bits per heavy atom. The molecule has 5 heteroatoms. The normalized spacial score (nSPS) is 16.1. The van der Waals surface area contributed by atoms with E-state index in [9.17, 15) is 14.3 Å². The van der Waals surface area contributed by atoms with Crippen molar-refractivity contribution in [3.05, 3.63) is 71.5 Å². The van der Waals surface area contributed by atoms with E-state index in [-0.39, 0.29) is 24.4 Å². The first-order valence-corrected chi connectivity index (χ1v) is 8.61. The molecule has 1 atom stereocenters. The van der Waals surface area contributed by atoms with Crippen molar-refractivity contribution in [1.82, 2.24) is 10.6 Å². The molecule has 1 unspecified atom stereocenters. The minimum atomic E-state index is -0.453. The summed E-state index contributed by atoms with van der Waals surface area (Å²) in [6.45, 7) is 0.506. The lowest BCUT2D eigenvalue weighted by molar-refractivity contribution is 0.232. The molecule has 25 heavy (non-hydrogen) atoms. The Hall–Kier alpha value is -2.40. The molecule has 2 amide bonds. The highest BCUT2D eigenvalue weighted by Gasteiger charge is 2.45. The second-order valence-corrected chi connectivity index (χ2v) is 6.55. The van der Waals surface area contributed by atoms with E-state index in [1.54, 1.807) is 6.07 Å². The van der Waals surface area contributed by atoms with Crippen molar-refractivity contribution in [2.75, 3.05) is 13.2 Å². The molecule has 1 fully saturated rings. The van der Waals surface area contributed by atoms with Gasteiger partial charge in [0.15, 0.2) is 0 Å². The summed E-state index contributed by atoms with van der Waals surface area (Å²) in [6, 6.07) is 15.9. The number of halogens is 1. The van der Waals surface area contributed by atoms with Crippen molar-refractivity contribution >= 4 is 6.03 Å². The van der Waals surface area contributed by atoms with Gasteiger partial charge in [-0.15, -0.1) is 0 Å². The van der Waals surface area contributed by atoms with Gasteiger partial charge in [0, 0.05) is 19.1 Å². The third-order valence-electron chi connectivity index (χ3n) is 4.74. The Morgan fingerprint density at radius 3 is 2.56 bits per heavy atom. The van der Waals surface area contributed by atoms with Crippen LogP contribution >= 0.6 is 0 Å². The maximum atomic E-state index is 13.4. The van der Waals surface area contributed by atoms with Gasteiger partial charge in [-0.1, -0.05) is 42.5 Å². The topological polar surface area (TPSA) is 61.4 Å². The van der Waals surface area contributed by atoms with Crippen LogP contribution < -0.4 is 10.6 Å². The zero-order valence-corrected chi connectivity index (χ0v) is 14.0. The van der Waals surface area contributed by atoms with Crippen molar-refractivity contribution in [3.8, 4) is 0 Å². The maximum absolute atomic E-state index is 13.4. The molecule has 3 rings (SSSR count). The highest BCUT2D eigenvalue weighted by Crippen LogP contribution is 2.45. The lowest BCUT2D eigenvalue weighted by atomic mass is 9.96. The predicted molar refractivity (Wildman–Crippen MR) is 94.7 cm³/mol. The Labute approximate surface area is 147 Å². The molecule has 3 N–H and O–H groups in total. The minimum absolute atomic E-state index is 0.0567. The Morgan fingerprint density at radius 2 is 1.92 bits per heavy atom. The molecule has 0 radical (unpaired) electrons. The molecular weight excluding hydrogens is 319 g/mol. The summed E-state index contributed by atoms with van der Waals surface area (Å²) in [4.78, 5) is 12.3. The first-order valence-electron chi connectivity index (χ1n) is 8.61. The Bertz CT molecular complexity index is 717. The van der Waals surface area contributed by atoms with Gasteiger partial charge in [-0.3, -0.25) is 0 Å². The second-order valence-electron chi connectivity index (χ2n) is 6.55. The standard InChI is InChI=1S/C20H23FN2O2/c21-18-8-4-7-17(13-18)20(10-11-20)23-19(25)22-14-16(9-12-24)15-5-2-1-3-6-15/h1-8,13,16,24H,9-12,14H2,(H2,22,23,25). The van der Waals surface area contributed by atoms with Gasteiger partial charge in [-0.2, -0.15) is 0 Å². The van der Waals surface area contributed by atoms with Crippen LogP contribution in [0.25, 0.3) is 0 Å². The molecule has 0 heterocycles. The largest absolute Gasteiger partial charge is 0.396 e. The van der Waals surface area contributed by atoms with E-state index in [0.29, 0.717) is 13.0 Å². The molecule has 1 saturated carbocycles. The SMILES string of the molecule is O=C(NCC(CCO)c1ccccc1)NC1(c2cccc(F)c2)CC1. The van der Waals surface area contributed by atoms with Crippen LogP contribution in [-0.4, -0.2) is 24.3 Å². The molecule has 0 aromatic heterocycles. The number of carbonyl (C=O) groups is 1. The zero-order chi connectivity index (χ0) is 17.7. The number of carbonyl (C=O) groups excluding carboxylic acids is 1. The maximum Gasteiger partial charge on any atom is 0.315 e. The Kier molecular flexibility index (Phi) is 5.34. The summed E-state index contributed by atoms with van der Waals surface area (Å²) in [5.41, 5.74) is 1.44. The number of hydrogen-bond donors (Lipinski definition) is 3. The van der Waals surface area contributed by atoms with Crippen LogP contribution in [0.2, 0.25) is 0 Å². The van der Waals surface area contributed by atoms with Gasteiger partial charge in [0.05, 0.1) is 5.54 Å². The molecule has 0 bridgehead atoms. The molecule has 1 aliphatic rings. The van der Waals surface area contributed by atoms with E-state index in [0.717, 1.165) is 24.0 Å². The average molecular weight is 342 g/mol. The summed E-state index contributed by atoms with van der Waals surface area (Å²) in [7, 11) is 0. The number of nitrogens with one attached hydrogen (secondary N) is 2. The van der Waals surface area contributed by atoms with Gasteiger partial charge in [-0.25, -0.2) is 9.18 Å². The van der Waals surface area contributed by atoms with Gasteiger partial charge < -0.3 is 15.7 Å². The Balaban J connectivity index is 1.59. The van der Waals surface area contributed by atoms with E-state index < -0.39 is 5.54 Å². The van der Waals surface area contributed by atoms with E-state index in [1.807, 2.05) is 36.4 Å². The van der Waals surface area contributed by atoms with Gasteiger partial charge in [0.25, 0.3) is 0 Å². The van der Waals surface area contributed by atoms with Gasteiger partial charge in [0.2, 0.25) is 0 Å². The van der Waals surface area contributed by atoms with Crippen molar-refractivity contribution in [3.63, 3.8) is 0 Å². The fraction of sp³-hybridized carbons (Fsp3) is 0.350. The smallest absolute Gasteiger partial charge is 0.315 e. The van der Waals surface area contributed by atoms with E-state index in [2.05, 4.69) is 10.6 Å². The molecule has 0 spiro atoms. The predicted octanol–water partition coefficient (Wildman–Crippen LogP) is 3.28. The van der Waals surface area contributed by atoms with Gasteiger partial charge in [0.1, 0.15) is 5.82 Å². The number of amides is 2. The lowest BCUT2D eigenvalue weighted by Gasteiger charge is -2.21. The highest BCUT2D eigenvalue weighted by atomic mass is 19.1. The van der Waals surface area contributed by atoms with E-state index >= 15 is 0 Å². The molecule has 2 aromatic carbocycles. The molecule has 0 aliphatic heterocycles. The summed E-state index contributed by atoms with van der Waals surface area (Å²) in [5, 5.41) is 15.1. The monoisotopic (exact) mass is 342 g/mol. The summed E-state index contributed by atoms with van der Waals surface area (Å²) in [5.74, 6) is -0.237.